The summed E-state index contributed by atoms with van der Waals surface area (Å²) in [5, 5.41) is 2.95. The number of amides is 1. The van der Waals surface area contributed by atoms with Crippen LogP contribution in [0.1, 0.15) is 36.4 Å². The third kappa shape index (κ3) is 3.89. The molecule has 0 radical (unpaired) electrons. The van der Waals surface area contributed by atoms with Gasteiger partial charge in [-0.05, 0) is 39.3 Å². The summed E-state index contributed by atoms with van der Waals surface area (Å²) in [7, 11) is 0. The fourth-order valence-corrected chi connectivity index (χ4v) is 4.52. The van der Waals surface area contributed by atoms with Crippen LogP contribution in [-0.2, 0) is 16.1 Å². The van der Waals surface area contributed by atoms with Crippen LogP contribution in [0.2, 0.25) is 0 Å². The van der Waals surface area contributed by atoms with Crippen molar-refractivity contribution in [1.82, 2.24) is 10.2 Å². The predicted molar refractivity (Wildman–Crippen MR) is 89.0 cm³/mol. The number of rotatable bonds is 5. The van der Waals surface area contributed by atoms with Crippen LogP contribution in [0.25, 0.3) is 0 Å². The molecule has 1 N–H and O–H groups in total. The largest absolute Gasteiger partial charge is 0.373 e. The number of ether oxygens (including phenoxy) is 1. The van der Waals surface area contributed by atoms with Crippen molar-refractivity contribution in [1.29, 1.82) is 0 Å². The monoisotopic (exact) mass is 322 g/mol. The molecular weight excluding hydrogens is 296 g/mol. The van der Waals surface area contributed by atoms with Gasteiger partial charge in [-0.1, -0.05) is 0 Å². The van der Waals surface area contributed by atoms with Crippen LogP contribution < -0.4 is 5.32 Å². The molecule has 0 aromatic carbocycles. The van der Waals surface area contributed by atoms with Gasteiger partial charge in [0, 0.05) is 41.3 Å². The molecule has 2 aliphatic rings. The topological polar surface area (TPSA) is 41.6 Å². The number of thiophene rings is 1. The number of hydrogen-bond acceptors (Lipinski definition) is 4. The van der Waals surface area contributed by atoms with Gasteiger partial charge in [-0.3, -0.25) is 9.69 Å². The fourth-order valence-electron chi connectivity index (χ4n) is 3.59. The van der Waals surface area contributed by atoms with Gasteiger partial charge in [0.2, 0.25) is 5.91 Å². The Kier molecular flexibility index (Phi) is 4.85. The first kappa shape index (κ1) is 16.0. The van der Waals surface area contributed by atoms with Crippen LogP contribution in [0.3, 0.4) is 0 Å². The normalized spacial score (nSPS) is 28.3. The van der Waals surface area contributed by atoms with Crippen molar-refractivity contribution in [3.05, 3.63) is 21.9 Å². The van der Waals surface area contributed by atoms with E-state index >= 15 is 0 Å². The zero-order valence-electron chi connectivity index (χ0n) is 13.7. The molecule has 122 valence electrons. The summed E-state index contributed by atoms with van der Waals surface area (Å²) in [4.78, 5) is 17.1. The molecule has 2 fully saturated rings. The molecule has 5 heteroatoms. The molecule has 1 aromatic heterocycles. The summed E-state index contributed by atoms with van der Waals surface area (Å²) in [5.41, 5.74) is 0. The second-order valence-electron chi connectivity index (χ2n) is 6.93. The number of carbonyl (C=O) groups excluding carboxylic acids is 1. The first-order chi connectivity index (χ1) is 10.5. The van der Waals surface area contributed by atoms with Gasteiger partial charge >= 0.3 is 0 Å². The number of likely N-dealkylation sites (tertiary alicyclic amines) is 1. The summed E-state index contributed by atoms with van der Waals surface area (Å²) in [6.45, 7) is 9.28. The highest BCUT2D eigenvalue weighted by molar-refractivity contribution is 7.11. The van der Waals surface area contributed by atoms with E-state index < -0.39 is 0 Å². The second kappa shape index (κ2) is 6.69. The number of hydrogen-bond donors (Lipinski definition) is 1. The van der Waals surface area contributed by atoms with E-state index in [0.29, 0.717) is 18.4 Å². The highest BCUT2D eigenvalue weighted by Gasteiger charge is 2.42. The number of nitrogens with one attached hydrogen (secondary N) is 1. The Labute approximate surface area is 136 Å². The maximum Gasteiger partial charge on any atom is 0.222 e. The van der Waals surface area contributed by atoms with Gasteiger partial charge in [0.1, 0.15) is 0 Å². The van der Waals surface area contributed by atoms with E-state index in [0.717, 1.165) is 26.1 Å². The van der Waals surface area contributed by atoms with E-state index in [2.05, 4.69) is 29.3 Å². The Morgan fingerprint density at radius 1 is 1.45 bits per heavy atom. The van der Waals surface area contributed by atoms with E-state index in [-0.39, 0.29) is 18.1 Å². The maximum absolute atomic E-state index is 11.8. The summed E-state index contributed by atoms with van der Waals surface area (Å²) >= 11 is 1.88. The number of nitrogens with zero attached hydrogens (tertiary/aromatic N) is 1. The molecule has 3 heterocycles. The van der Waals surface area contributed by atoms with E-state index in [9.17, 15) is 4.79 Å². The molecule has 4 nitrogen and oxygen atoms in total. The second-order valence-corrected chi connectivity index (χ2v) is 8.30. The zero-order chi connectivity index (χ0) is 15.7. The summed E-state index contributed by atoms with van der Waals surface area (Å²) in [5.74, 6) is 0.712. The van der Waals surface area contributed by atoms with Crippen LogP contribution in [0, 0.1) is 12.8 Å². The van der Waals surface area contributed by atoms with Gasteiger partial charge in [-0.25, -0.2) is 0 Å². The first-order valence-corrected chi connectivity index (χ1v) is 9.03. The first-order valence-electron chi connectivity index (χ1n) is 8.22. The quantitative estimate of drug-likeness (QED) is 0.906. The third-order valence-corrected chi connectivity index (χ3v) is 5.41. The Balaban J connectivity index is 1.45. The Hall–Kier alpha value is -0.910. The molecule has 3 rings (SSSR count). The van der Waals surface area contributed by atoms with Crippen molar-refractivity contribution in [2.45, 2.75) is 58.4 Å². The van der Waals surface area contributed by atoms with Crippen LogP contribution in [0.15, 0.2) is 12.1 Å². The minimum absolute atomic E-state index is 0.111. The number of carbonyl (C=O) groups is 1. The van der Waals surface area contributed by atoms with Crippen molar-refractivity contribution >= 4 is 17.2 Å². The van der Waals surface area contributed by atoms with E-state index in [1.165, 1.54) is 9.75 Å². The number of fused-ring (bicyclic) bond motifs is 1. The molecule has 0 aliphatic carbocycles. The Morgan fingerprint density at radius 2 is 2.27 bits per heavy atom. The molecule has 0 spiro atoms. The Bertz CT molecular complexity index is 514. The van der Waals surface area contributed by atoms with Gasteiger partial charge in [-0.2, -0.15) is 0 Å². The highest BCUT2D eigenvalue weighted by Crippen LogP contribution is 2.35. The number of aryl methyl sites for hydroxylation is 1. The van der Waals surface area contributed by atoms with Gasteiger partial charge in [-0.15, -0.1) is 11.3 Å². The molecule has 22 heavy (non-hydrogen) atoms. The maximum atomic E-state index is 11.8. The average molecular weight is 322 g/mol. The minimum Gasteiger partial charge on any atom is -0.373 e. The van der Waals surface area contributed by atoms with Crippen LogP contribution in [-0.4, -0.2) is 42.1 Å². The van der Waals surface area contributed by atoms with E-state index in [1.807, 2.05) is 25.2 Å². The summed E-state index contributed by atoms with van der Waals surface area (Å²) in [6, 6.07) is 4.63. The average Bonchev–Trinajstić information content (AvgIpc) is 3.03. The van der Waals surface area contributed by atoms with Crippen molar-refractivity contribution in [2.24, 2.45) is 5.92 Å². The van der Waals surface area contributed by atoms with Gasteiger partial charge < -0.3 is 10.1 Å². The molecular formula is C17H26N2O2S. The predicted octanol–water partition coefficient (Wildman–Crippen LogP) is 2.56. The SMILES string of the molecule is Cc1ccc(CN2C[C@H]3C[C@H](CC(=O)NC(C)C)O[C@H]3C2)s1. The van der Waals surface area contributed by atoms with Gasteiger partial charge in [0.25, 0.3) is 0 Å². The van der Waals surface area contributed by atoms with Crippen LogP contribution in [0.5, 0.6) is 0 Å². The molecule has 0 unspecified atom stereocenters. The molecule has 1 aromatic rings. The lowest BCUT2D eigenvalue weighted by Gasteiger charge is -2.18. The molecule has 2 aliphatic heterocycles. The minimum atomic E-state index is 0.111. The lowest BCUT2D eigenvalue weighted by molar-refractivity contribution is -0.124. The van der Waals surface area contributed by atoms with Crippen molar-refractivity contribution < 1.29 is 9.53 Å². The van der Waals surface area contributed by atoms with Gasteiger partial charge in [0.15, 0.2) is 0 Å². The smallest absolute Gasteiger partial charge is 0.222 e. The lowest BCUT2D eigenvalue weighted by Crippen LogP contribution is -2.33. The van der Waals surface area contributed by atoms with Gasteiger partial charge in [0.05, 0.1) is 18.6 Å². The van der Waals surface area contributed by atoms with Crippen molar-refractivity contribution in [3.63, 3.8) is 0 Å². The molecule has 0 bridgehead atoms. The summed E-state index contributed by atoms with van der Waals surface area (Å²) < 4.78 is 6.11. The van der Waals surface area contributed by atoms with E-state index in [1.54, 1.807) is 0 Å². The molecule has 3 atom stereocenters. The standard InChI is InChI=1S/C17H26N2O2S/c1-11(2)18-17(20)7-14-6-13-8-19(10-16(13)21-14)9-15-5-4-12(3)22-15/h4-5,11,13-14,16H,6-10H2,1-3H3,(H,18,20)/t13-,14-,16+/m1/s1. The third-order valence-electron chi connectivity index (χ3n) is 4.43. The molecule has 0 saturated carbocycles. The van der Waals surface area contributed by atoms with E-state index in [4.69, 9.17) is 4.74 Å². The van der Waals surface area contributed by atoms with Crippen LogP contribution in [0.4, 0.5) is 0 Å². The molecule has 1 amide bonds. The van der Waals surface area contributed by atoms with Crippen molar-refractivity contribution in [3.8, 4) is 0 Å². The van der Waals surface area contributed by atoms with Crippen molar-refractivity contribution in [2.75, 3.05) is 13.1 Å². The summed E-state index contributed by atoms with van der Waals surface area (Å²) in [6.07, 6.45) is 1.96. The highest BCUT2D eigenvalue weighted by atomic mass is 32.1. The molecule has 2 saturated heterocycles. The lowest BCUT2D eigenvalue weighted by atomic mass is 10.0. The Morgan fingerprint density at radius 3 is 2.91 bits per heavy atom. The van der Waals surface area contributed by atoms with Crippen LogP contribution >= 0.6 is 11.3 Å². The fraction of sp³-hybridized carbons (Fsp3) is 0.706. The zero-order valence-corrected chi connectivity index (χ0v) is 14.5.